The Hall–Kier alpha value is -1.16. The lowest BCUT2D eigenvalue weighted by Crippen LogP contribution is -2.66. The number of fused-ring (bicyclic) bond motifs is 5. The average molecular weight is 348 g/mol. The summed E-state index contributed by atoms with van der Waals surface area (Å²) >= 11 is 0. The second-order valence-corrected chi connectivity index (χ2v) is 8.85. The van der Waals surface area contributed by atoms with Crippen LogP contribution < -0.4 is 0 Å². The van der Waals surface area contributed by atoms with Crippen LogP contribution in [0.4, 0.5) is 4.39 Å². The topological polar surface area (TPSA) is 46.5 Å². The summed E-state index contributed by atoms with van der Waals surface area (Å²) < 4.78 is 22.4. The minimum atomic E-state index is -1.67. The largest absolute Gasteiger partial charge is 0.498 e. The molecule has 0 aliphatic heterocycles. The molecule has 0 aromatic heterocycles. The molecule has 138 valence electrons. The smallest absolute Gasteiger partial charge is 0.149 e. The van der Waals surface area contributed by atoms with Crippen LogP contribution in [-0.2, 0) is 9.53 Å². The van der Waals surface area contributed by atoms with Crippen LogP contribution in [0.25, 0.3) is 0 Å². The van der Waals surface area contributed by atoms with Crippen molar-refractivity contribution >= 4 is 5.78 Å². The van der Waals surface area contributed by atoms with Crippen molar-refractivity contribution in [1.29, 1.82) is 0 Å². The van der Waals surface area contributed by atoms with Crippen LogP contribution in [0.5, 0.6) is 0 Å². The number of ether oxygens (including phenoxy) is 1. The zero-order chi connectivity index (χ0) is 18.0. The second kappa shape index (κ2) is 5.42. The lowest BCUT2D eigenvalue weighted by Gasteiger charge is -2.61. The van der Waals surface area contributed by atoms with Crippen molar-refractivity contribution in [2.45, 2.75) is 71.1 Å². The number of halogens is 1. The van der Waals surface area contributed by atoms with Crippen LogP contribution in [0.2, 0.25) is 0 Å². The summed E-state index contributed by atoms with van der Waals surface area (Å²) in [6.45, 7) is 6.49. The SMILES string of the molecule is CCOC1=CC2=CC[C@H]3[C@@H]4CCC(=O)[C@@]4(C)C[C@H](O)[C@]3(F)[C@@]2(C)CC1. The van der Waals surface area contributed by atoms with Gasteiger partial charge in [-0.1, -0.05) is 19.9 Å². The van der Waals surface area contributed by atoms with Gasteiger partial charge in [-0.25, -0.2) is 4.39 Å². The van der Waals surface area contributed by atoms with Crippen molar-refractivity contribution in [2.24, 2.45) is 22.7 Å². The number of hydrogen-bond acceptors (Lipinski definition) is 3. The summed E-state index contributed by atoms with van der Waals surface area (Å²) in [4.78, 5) is 12.5. The molecule has 3 nitrogen and oxygen atoms in total. The molecule has 0 amide bonds. The molecule has 0 unspecified atom stereocenters. The predicted octanol–water partition coefficient (Wildman–Crippen LogP) is 4.11. The van der Waals surface area contributed by atoms with Gasteiger partial charge in [0.25, 0.3) is 0 Å². The molecular weight excluding hydrogens is 319 g/mol. The van der Waals surface area contributed by atoms with E-state index >= 15 is 4.39 Å². The molecule has 4 heteroatoms. The van der Waals surface area contributed by atoms with E-state index in [0.29, 0.717) is 32.3 Å². The van der Waals surface area contributed by atoms with Gasteiger partial charge in [0, 0.05) is 29.6 Å². The number of carbonyl (C=O) groups excluding carboxylic acids is 1. The maximum absolute atomic E-state index is 16.7. The fourth-order valence-corrected chi connectivity index (χ4v) is 6.38. The maximum Gasteiger partial charge on any atom is 0.149 e. The summed E-state index contributed by atoms with van der Waals surface area (Å²) in [5.41, 5.74) is -1.96. The molecule has 4 rings (SSSR count). The van der Waals surface area contributed by atoms with E-state index in [2.05, 4.69) is 6.08 Å². The van der Waals surface area contributed by atoms with E-state index < -0.39 is 22.6 Å². The molecule has 0 bridgehead atoms. The molecule has 0 aromatic rings. The van der Waals surface area contributed by atoms with Crippen molar-refractivity contribution < 1.29 is 19.0 Å². The van der Waals surface area contributed by atoms with E-state index in [1.165, 1.54) is 0 Å². The lowest BCUT2D eigenvalue weighted by molar-refractivity contribution is -0.194. The minimum absolute atomic E-state index is 0.0419. The van der Waals surface area contributed by atoms with Gasteiger partial charge in [-0.2, -0.15) is 0 Å². The third-order valence-electron chi connectivity index (χ3n) is 7.86. The first-order valence-corrected chi connectivity index (χ1v) is 9.71. The number of ketones is 1. The van der Waals surface area contributed by atoms with Gasteiger partial charge < -0.3 is 9.84 Å². The zero-order valence-corrected chi connectivity index (χ0v) is 15.5. The van der Waals surface area contributed by atoms with Crippen molar-refractivity contribution in [3.63, 3.8) is 0 Å². The Bertz CT molecular complexity index is 668. The summed E-state index contributed by atoms with van der Waals surface area (Å²) in [6.07, 6.45) is 6.54. The number of rotatable bonds is 2. The maximum atomic E-state index is 16.7. The van der Waals surface area contributed by atoms with Gasteiger partial charge in [0.15, 0.2) is 0 Å². The molecule has 1 N–H and O–H groups in total. The monoisotopic (exact) mass is 348 g/mol. The fourth-order valence-electron chi connectivity index (χ4n) is 6.38. The molecule has 2 fully saturated rings. The van der Waals surface area contributed by atoms with Crippen LogP contribution in [0.3, 0.4) is 0 Å². The number of alkyl halides is 1. The number of carbonyl (C=O) groups is 1. The van der Waals surface area contributed by atoms with Gasteiger partial charge in [0.1, 0.15) is 11.5 Å². The molecule has 0 spiro atoms. The van der Waals surface area contributed by atoms with Crippen LogP contribution in [0.1, 0.15) is 59.3 Å². The molecule has 0 radical (unpaired) electrons. The Morgan fingerprint density at radius 1 is 1.32 bits per heavy atom. The number of aliphatic hydroxyl groups excluding tert-OH is 1. The summed E-state index contributed by atoms with van der Waals surface area (Å²) in [5.74, 6) is 0.893. The molecular formula is C21H29FO3. The fraction of sp³-hybridized carbons (Fsp3) is 0.762. The van der Waals surface area contributed by atoms with Crippen LogP contribution >= 0.6 is 0 Å². The first-order valence-electron chi connectivity index (χ1n) is 9.71. The van der Waals surface area contributed by atoms with Gasteiger partial charge in [0.05, 0.1) is 18.5 Å². The Labute approximate surface area is 149 Å². The van der Waals surface area contributed by atoms with Gasteiger partial charge in [-0.3, -0.25) is 4.79 Å². The highest BCUT2D eigenvalue weighted by Crippen LogP contribution is 2.67. The summed E-state index contributed by atoms with van der Waals surface area (Å²) in [6, 6.07) is 0. The normalized spacial score (nSPS) is 48.8. The standard InChI is InChI=1S/C21H29FO3/c1-4-25-14-9-10-20(3)13(11-14)5-6-16-15-7-8-17(23)19(15,2)12-18(24)21(16,20)22/h5,11,15-16,18,24H,4,6-10,12H2,1-3H3/t15-,16-,18-,19-,20-,21-/m0/s1. The molecule has 0 aromatic carbocycles. The third kappa shape index (κ3) is 2.03. The minimum Gasteiger partial charge on any atom is -0.498 e. The van der Waals surface area contributed by atoms with Crippen LogP contribution in [-0.4, -0.2) is 29.3 Å². The first-order chi connectivity index (χ1) is 11.8. The quantitative estimate of drug-likeness (QED) is 0.817. The van der Waals surface area contributed by atoms with Crippen molar-refractivity contribution in [3.8, 4) is 0 Å². The van der Waals surface area contributed by atoms with Crippen molar-refractivity contribution in [3.05, 3.63) is 23.5 Å². The van der Waals surface area contributed by atoms with Crippen LogP contribution in [0.15, 0.2) is 23.5 Å². The first kappa shape index (κ1) is 17.3. The van der Waals surface area contributed by atoms with Gasteiger partial charge in [0.2, 0.25) is 0 Å². The molecule has 25 heavy (non-hydrogen) atoms. The summed E-state index contributed by atoms with van der Waals surface area (Å²) in [7, 11) is 0. The Kier molecular flexibility index (Phi) is 3.74. The van der Waals surface area contributed by atoms with Gasteiger partial charge >= 0.3 is 0 Å². The number of aliphatic hydroxyl groups is 1. The average Bonchev–Trinajstić information content (AvgIpc) is 2.85. The number of allylic oxidation sites excluding steroid dienone is 4. The Morgan fingerprint density at radius 3 is 2.80 bits per heavy atom. The third-order valence-corrected chi connectivity index (χ3v) is 7.86. The molecule has 2 saturated carbocycles. The van der Waals surface area contributed by atoms with Crippen molar-refractivity contribution in [1.82, 2.24) is 0 Å². The van der Waals surface area contributed by atoms with E-state index in [1.54, 1.807) is 0 Å². The van der Waals surface area contributed by atoms with E-state index in [9.17, 15) is 9.90 Å². The van der Waals surface area contributed by atoms with E-state index in [0.717, 1.165) is 17.8 Å². The van der Waals surface area contributed by atoms with Crippen LogP contribution in [0, 0.1) is 22.7 Å². The second-order valence-electron chi connectivity index (χ2n) is 8.85. The molecule has 4 aliphatic rings. The number of hydrogen-bond donors (Lipinski definition) is 1. The predicted molar refractivity (Wildman–Crippen MR) is 93.5 cm³/mol. The Balaban J connectivity index is 1.78. The highest BCUT2D eigenvalue weighted by molar-refractivity contribution is 5.87. The number of Topliss-reactive ketones (excluding diaryl/α,β-unsaturated/α-hetero) is 1. The van der Waals surface area contributed by atoms with Gasteiger partial charge in [-0.15, -0.1) is 0 Å². The molecule has 0 heterocycles. The van der Waals surface area contributed by atoms with E-state index in [-0.39, 0.29) is 24.0 Å². The van der Waals surface area contributed by atoms with E-state index in [4.69, 9.17) is 4.74 Å². The highest BCUT2D eigenvalue weighted by Gasteiger charge is 2.70. The van der Waals surface area contributed by atoms with Gasteiger partial charge in [-0.05, 0) is 50.2 Å². The summed E-state index contributed by atoms with van der Waals surface area (Å²) in [5, 5.41) is 11.0. The van der Waals surface area contributed by atoms with E-state index in [1.807, 2.05) is 26.8 Å². The zero-order valence-electron chi connectivity index (χ0n) is 15.5. The lowest BCUT2D eigenvalue weighted by atomic mass is 9.46. The Morgan fingerprint density at radius 2 is 2.08 bits per heavy atom. The van der Waals surface area contributed by atoms with Crippen molar-refractivity contribution in [2.75, 3.05) is 6.61 Å². The molecule has 0 saturated heterocycles. The molecule has 6 atom stereocenters. The highest BCUT2D eigenvalue weighted by atomic mass is 19.1. The molecule has 4 aliphatic carbocycles.